The number of hydrogen-bond acceptors (Lipinski definition) is 5. The van der Waals surface area contributed by atoms with Crippen molar-refractivity contribution < 1.29 is 17.9 Å². The zero-order chi connectivity index (χ0) is 14.8. The van der Waals surface area contributed by atoms with Crippen molar-refractivity contribution in [2.75, 3.05) is 26.7 Å². The predicted molar refractivity (Wildman–Crippen MR) is 74.0 cm³/mol. The third kappa shape index (κ3) is 2.70. The van der Waals surface area contributed by atoms with E-state index in [1.54, 1.807) is 12.1 Å². The van der Waals surface area contributed by atoms with Gasteiger partial charge in [0.2, 0.25) is 10.0 Å². The molecule has 0 aliphatic carbocycles. The fourth-order valence-corrected chi connectivity index (χ4v) is 4.09. The van der Waals surface area contributed by atoms with Crippen LogP contribution < -0.4 is 5.32 Å². The van der Waals surface area contributed by atoms with Crippen molar-refractivity contribution in [3.63, 3.8) is 0 Å². The molecule has 0 bridgehead atoms. The van der Waals surface area contributed by atoms with Gasteiger partial charge in [0.25, 0.3) is 0 Å². The van der Waals surface area contributed by atoms with Gasteiger partial charge >= 0.3 is 5.97 Å². The smallest absolute Gasteiger partial charge is 0.339 e. The van der Waals surface area contributed by atoms with Gasteiger partial charge in [-0.05, 0) is 19.1 Å². The first kappa shape index (κ1) is 15.0. The molecule has 0 unspecified atom stereocenters. The van der Waals surface area contributed by atoms with Gasteiger partial charge < -0.3 is 10.1 Å². The molecule has 1 fully saturated rings. The van der Waals surface area contributed by atoms with E-state index in [-0.39, 0.29) is 16.5 Å². The van der Waals surface area contributed by atoms with E-state index < -0.39 is 16.0 Å². The summed E-state index contributed by atoms with van der Waals surface area (Å²) in [7, 11) is -2.47. The highest BCUT2D eigenvalue weighted by atomic mass is 32.2. The number of piperazine rings is 1. The molecule has 1 N–H and O–H groups in total. The second-order valence-electron chi connectivity index (χ2n) is 4.66. The maximum Gasteiger partial charge on any atom is 0.339 e. The van der Waals surface area contributed by atoms with E-state index in [0.29, 0.717) is 19.6 Å². The number of carbonyl (C=O) groups excluding carboxylic acids is 1. The van der Waals surface area contributed by atoms with Crippen LogP contribution in [0.15, 0.2) is 29.2 Å². The average Bonchev–Trinajstić information content (AvgIpc) is 2.46. The Bertz CT molecular complexity index is 600. The Balaban J connectivity index is 2.46. The number of sulfonamides is 1. The number of rotatable bonds is 3. The molecule has 1 aromatic rings. The van der Waals surface area contributed by atoms with Crippen LogP contribution in [0.25, 0.3) is 0 Å². The van der Waals surface area contributed by atoms with E-state index in [1.165, 1.54) is 23.5 Å². The maximum absolute atomic E-state index is 12.7. The third-order valence-electron chi connectivity index (χ3n) is 3.32. The van der Waals surface area contributed by atoms with Crippen LogP contribution in [-0.4, -0.2) is 51.5 Å². The topological polar surface area (TPSA) is 75.7 Å². The molecule has 1 aliphatic rings. The zero-order valence-corrected chi connectivity index (χ0v) is 12.3. The van der Waals surface area contributed by atoms with E-state index in [0.717, 1.165) is 0 Å². The van der Waals surface area contributed by atoms with E-state index in [4.69, 9.17) is 0 Å². The molecule has 1 atom stereocenters. The maximum atomic E-state index is 12.7. The standard InChI is InChI=1S/C13H18N2O4S/c1-10-9-14-7-8-15(10)20(17,18)12-6-4-3-5-11(12)13(16)19-2/h3-6,10,14H,7-9H2,1-2H3/t10-/m0/s1. The third-order valence-corrected chi connectivity index (χ3v) is 5.39. The van der Waals surface area contributed by atoms with Crippen molar-refractivity contribution in [2.45, 2.75) is 17.9 Å². The molecule has 1 aromatic carbocycles. The molecule has 0 saturated carbocycles. The molecule has 0 aromatic heterocycles. The summed E-state index contributed by atoms with van der Waals surface area (Å²) in [5.41, 5.74) is 0.0701. The van der Waals surface area contributed by atoms with Gasteiger partial charge in [-0.3, -0.25) is 0 Å². The minimum Gasteiger partial charge on any atom is -0.465 e. The Morgan fingerprint density at radius 2 is 2.10 bits per heavy atom. The Morgan fingerprint density at radius 3 is 2.75 bits per heavy atom. The molecular formula is C13H18N2O4S. The highest BCUT2D eigenvalue weighted by molar-refractivity contribution is 7.89. The number of nitrogens with zero attached hydrogens (tertiary/aromatic N) is 1. The molecule has 0 amide bonds. The molecule has 1 aliphatic heterocycles. The van der Waals surface area contributed by atoms with Crippen LogP contribution in [-0.2, 0) is 14.8 Å². The van der Waals surface area contributed by atoms with Crippen LogP contribution in [0, 0.1) is 0 Å². The van der Waals surface area contributed by atoms with E-state index in [1.807, 2.05) is 6.92 Å². The highest BCUT2D eigenvalue weighted by Crippen LogP contribution is 2.23. The fourth-order valence-electron chi connectivity index (χ4n) is 2.28. The SMILES string of the molecule is COC(=O)c1ccccc1S(=O)(=O)N1CCNC[C@@H]1C. The molecule has 6 nitrogen and oxygen atoms in total. The van der Waals surface area contributed by atoms with Gasteiger partial charge in [0.1, 0.15) is 0 Å². The zero-order valence-electron chi connectivity index (χ0n) is 11.5. The van der Waals surface area contributed by atoms with Gasteiger partial charge in [-0.25, -0.2) is 13.2 Å². The van der Waals surface area contributed by atoms with Gasteiger partial charge in [-0.15, -0.1) is 0 Å². The number of benzene rings is 1. The lowest BCUT2D eigenvalue weighted by molar-refractivity contribution is 0.0596. The number of esters is 1. The van der Waals surface area contributed by atoms with Crippen molar-refractivity contribution >= 4 is 16.0 Å². The van der Waals surface area contributed by atoms with Crippen molar-refractivity contribution in [1.82, 2.24) is 9.62 Å². The lowest BCUT2D eigenvalue weighted by atomic mass is 10.2. The molecule has 1 saturated heterocycles. The monoisotopic (exact) mass is 298 g/mol. The Kier molecular flexibility index (Phi) is 4.42. The Labute approximate surface area is 118 Å². The second kappa shape index (κ2) is 5.90. The van der Waals surface area contributed by atoms with Crippen molar-refractivity contribution in [3.05, 3.63) is 29.8 Å². The summed E-state index contributed by atoms with van der Waals surface area (Å²) in [6.07, 6.45) is 0. The van der Waals surface area contributed by atoms with Crippen LogP contribution in [0.1, 0.15) is 17.3 Å². The molecule has 7 heteroatoms. The predicted octanol–water partition coefficient (Wildman–Crippen LogP) is 0.456. The molecular weight excluding hydrogens is 280 g/mol. The van der Waals surface area contributed by atoms with Gasteiger partial charge in [0.15, 0.2) is 0 Å². The first-order valence-electron chi connectivity index (χ1n) is 6.38. The highest BCUT2D eigenvalue weighted by Gasteiger charge is 2.33. The lowest BCUT2D eigenvalue weighted by Crippen LogP contribution is -2.52. The minimum atomic E-state index is -3.70. The van der Waals surface area contributed by atoms with Crippen LogP contribution >= 0.6 is 0 Å². The number of hydrogen-bond donors (Lipinski definition) is 1. The average molecular weight is 298 g/mol. The van der Waals surface area contributed by atoms with Crippen LogP contribution in [0.2, 0.25) is 0 Å². The summed E-state index contributed by atoms with van der Waals surface area (Å²) >= 11 is 0. The Hall–Kier alpha value is -1.44. The van der Waals surface area contributed by atoms with E-state index in [9.17, 15) is 13.2 Å². The quantitative estimate of drug-likeness (QED) is 0.820. The normalized spacial score (nSPS) is 20.6. The molecule has 0 spiro atoms. The summed E-state index contributed by atoms with van der Waals surface area (Å²) in [5.74, 6) is -0.646. The summed E-state index contributed by atoms with van der Waals surface area (Å²) in [6, 6.07) is 5.97. The first-order chi connectivity index (χ1) is 9.48. The molecule has 110 valence electrons. The van der Waals surface area contributed by atoms with Gasteiger partial charge in [0.05, 0.1) is 17.6 Å². The number of carbonyl (C=O) groups is 1. The fraction of sp³-hybridized carbons (Fsp3) is 0.462. The van der Waals surface area contributed by atoms with Crippen LogP contribution in [0.4, 0.5) is 0 Å². The summed E-state index contributed by atoms with van der Waals surface area (Å²) in [4.78, 5) is 11.7. The van der Waals surface area contributed by atoms with Gasteiger partial charge in [-0.1, -0.05) is 12.1 Å². The Morgan fingerprint density at radius 1 is 1.40 bits per heavy atom. The summed E-state index contributed by atoms with van der Waals surface area (Å²) in [6.45, 7) is 3.42. The van der Waals surface area contributed by atoms with Crippen molar-refractivity contribution in [3.8, 4) is 0 Å². The number of nitrogens with one attached hydrogen (secondary N) is 1. The number of methoxy groups -OCH3 is 1. The summed E-state index contributed by atoms with van der Waals surface area (Å²) < 4.78 is 31.5. The van der Waals surface area contributed by atoms with Crippen molar-refractivity contribution in [2.24, 2.45) is 0 Å². The van der Waals surface area contributed by atoms with Gasteiger partial charge in [-0.2, -0.15) is 4.31 Å². The summed E-state index contributed by atoms with van der Waals surface area (Å²) in [5, 5.41) is 3.14. The van der Waals surface area contributed by atoms with E-state index >= 15 is 0 Å². The van der Waals surface area contributed by atoms with Gasteiger partial charge in [0, 0.05) is 25.7 Å². The largest absolute Gasteiger partial charge is 0.465 e. The van der Waals surface area contributed by atoms with Crippen LogP contribution in [0.5, 0.6) is 0 Å². The van der Waals surface area contributed by atoms with Crippen LogP contribution in [0.3, 0.4) is 0 Å². The second-order valence-corrected chi connectivity index (χ2v) is 6.52. The lowest BCUT2D eigenvalue weighted by Gasteiger charge is -2.33. The number of ether oxygens (including phenoxy) is 1. The van der Waals surface area contributed by atoms with Crippen molar-refractivity contribution in [1.29, 1.82) is 0 Å². The molecule has 2 rings (SSSR count). The van der Waals surface area contributed by atoms with E-state index in [2.05, 4.69) is 10.1 Å². The molecule has 1 heterocycles. The minimum absolute atomic E-state index is 0.000556. The molecule has 0 radical (unpaired) electrons. The molecule has 20 heavy (non-hydrogen) atoms. The first-order valence-corrected chi connectivity index (χ1v) is 7.82.